The first-order valence-electron chi connectivity index (χ1n) is 9.56. The summed E-state index contributed by atoms with van der Waals surface area (Å²) in [5.74, 6) is 1.55. The predicted octanol–water partition coefficient (Wildman–Crippen LogP) is 5.03. The van der Waals surface area contributed by atoms with Gasteiger partial charge in [-0.3, -0.25) is 0 Å². The molecule has 0 fully saturated rings. The van der Waals surface area contributed by atoms with Crippen molar-refractivity contribution < 1.29 is 14.0 Å². The molecule has 1 aromatic heterocycles. The van der Waals surface area contributed by atoms with Crippen LogP contribution in [0.5, 0.6) is 11.5 Å². The van der Waals surface area contributed by atoms with Crippen LogP contribution in [-0.2, 0) is 13.0 Å². The van der Waals surface area contributed by atoms with Gasteiger partial charge in [0.2, 0.25) is 5.69 Å². The Kier molecular flexibility index (Phi) is 4.01. The Morgan fingerprint density at radius 3 is 2.32 bits per heavy atom. The minimum absolute atomic E-state index is 0.766. The lowest BCUT2D eigenvalue weighted by molar-refractivity contribution is -0.685. The Balaban J connectivity index is 1.90. The quantitative estimate of drug-likeness (QED) is 0.473. The summed E-state index contributed by atoms with van der Waals surface area (Å²) in [4.78, 5) is 0. The average molecular weight is 368 g/mol. The van der Waals surface area contributed by atoms with Crippen molar-refractivity contribution in [2.24, 2.45) is 0 Å². The molecule has 138 valence electrons. The molecule has 2 heterocycles. The zero-order valence-electron chi connectivity index (χ0n) is 16.1. The molecule has 0 spiro atoms. The molecule has 0 radical (unpaired) electrons. The van der Waals surface area contributed by atoms with E-state index in [1.54, 1.807) is 14.2 Å². The van der Waals surface area contributed by atoms with Gasteiger partial charge in [0.15, 0.2) is 24.2 Å². The van der Waals surface area contributed by atoms with Crippen molar-refractivity contribution >= 4 is 10.8 Å². The Labute approximate surface area is 164 Å². The molecule has 3 nitrogen and oxygen atoms in total. The Morgan fingerprint density at radius 1 is 0.821 bits per heavy atom. The average Bonchev–Trinajstić information content (AvgIpc) is 2.76. The van der Waals surface area contributed by atoms with E-state index >= 15 is 0 Å². The van der Waals surface area contributed by atoms with Crippen molar-refractivity contribution in [2.45, 2.75) is 13.0 Å². The molecule has 0 saturated heterocycles. The summed E-state index contributed by atoms with van der Waals surface area (Å²) < 4.78 is 13.5. The van der Waals surface area contributed by atoms with Gasteiger partial charge in [-0.1, -0.05) is 48.5 Å². The van der Waals surface area contributed by atoms with E-state index in [1.165, 1.54) is 38.7 Å². The Hall–Kier alpha value is -3.33. The van der Waals surface area contributed by atoms with Crippen molar-refractivity contribution in [3.63, 3.8) is 0 Å². The van der Waals surface area contributed by atoms with Crippen LogP contribution in [0.1, 0.15) is 5.56 Å². The molecule has 0 amide bonds. The Bertz CT molecular complexity index is 1180. The van der Waals surface area contributed by atoms with Crippen LogP contribution in [0.25, 0.3) is 33.2 Å². The number of hydrogen-bond donors (Lipinski definition) is 0. The van der Waals surface area contributed by atoms with Crippen LogP contribution in [0.2, 0.25) is 0 Å². The van der Waals surface area contributed by atoms with Crippen LogP contribution < -0.4 is 14.0 Å². The molecule has 0 atom stereocenters. The van der Waals surface area contributed by atoms with Gasteiger partial charge in [0, 0.05) is 17.2 Å². The van der Waals surface area contributed by atoms with E-state index < -0.39 is 0 Å². The second-order valence-corrected chi connectivity index (χ2v) is 7.11. The molecule has 28 heavy (non-hydrogen) atoms. The standard InChI is InChI=1S/C25H22NO2/c1-27-22-14-18-12-13-26-16-19-10-6-7-11-20(19)24(17-8-4-3-5-9-17)25(26)21(18)15-23(22)28-2/h3-11,14-16H,12-13H2,1-2H3/q+1. The molecular weight excluding hydrogens is 346 g/mol. The van der Waals surface area contributed by atoms with Crippen LogP contribution in [0.15, 0.2) is 72.9 Å². The molecule has 3 heteroatoms. The van der Waals surface area contributed by atoms with E-state index in [9.17, 15) is 0 Å². The highest BCUT2D eigenvalue weighted by Crippen LogP contribution is 2.42. The van der Waals surface area contributed by atoms with Crippen LogP contribution in [0.4, 0.5) is 0 Å². The minimum Gasteiger partial charge on any atom is -0.493 e. The first-order valence-corrected chi connectivity index (χ1v) is 9.56. The number of fused-ring (bicyclic) bond motifs is 4. The summed E-state index contributed by atoms with van der Waals surface area (Å²) in [7, 11) is 3.39. The molecule has 0 unspecified atom stereocenters. The number of rotatable bonds is 3. The number of pyridine rings is 1. The fraction of sp³-hybridized carbons (Fsp3) is 0.160. The number of nitrogens with zero attached hydrogens (tertiary/aromatic N) is 1. The van der Waals surface area contributed by atoms with Crippen LogP contribution >= 0.6 is 0 Å². The van der Waals surface area contributed by atoms with Gasteiger partial charge in [0.25, 0.3) is 0 Å². The van der Waals surface area contributed by atoms with Crippen molar-refractivity contribution in [3.05, 3.63) is 78.5 Å². The molecular formula is C25H22NO2+. The number of methoxy groups -OCH3 is 2. The summed E-state index contributed by atoms with van der Waals surface area (Å²) in [6.07, 6.45) is 3.25. The lowest BCUT2D eigenvalue weighted by atomic mass is 9.88. The predicted molar refractivity (Wildman–Crippen MR) is 112 cm³/mol. The van der Waals surface area contributed by atoms with Crippen LogP contribution in [0, 0.1) is 0 Å². The fourth-order valence-electron chi connectivity index (χ4n) is 4.29. The maximum atomic E-state index is 5.62. The van der Waals surface area contributed by atoms with Gasteiger partial charge >= 0.3 is 0 Å². The largest absolute Gasteiger partial charge is 0.493 e. The van der Waals surface area contributed by atoms with E-state index in [-0.39, 0.29) is 0 Å². The van der Waals surface area contributed by atoms with Crippen LogP contribution in [0.3, 0.4) is 0 Å². The first kappa shape index (κ1) is 16.8. The minimum atomic E-state index is 0.766. The molecule has 0 aliphatic carbocycles. The molecule has 0 bridgehead atoms. The zero-order valence-corrected chi connectivity index (χ0v) is 16.1. The van der Waals surface area contributed by atoms with Gasteiger partial charge < -0.3 is 9.47 Å². The van der Waals surface area contributed by atoms with Gasteiger partial charge in [0.05, 0.1) is 25.3 Å². The van der Waals surface area contributed by atoms with Gasteiger partial charge in [0.1, 0.15) is 0 Å². The topological polar surface area (TPSA) is 22.3 Å². The fourth-order valence-corrected chi connectivity index (χ4v) is 4.29. The van der Waals surface area contributed by atoms with Gasteiger partial charge in [-0.25, -0.2) is 0 Å². The monoisotopic (exact) mass is 368 g/mol. The number of aryl methyl sites for hydroxylation is 2. The SMILES string of the molecule is COc1cc2c(cc1OC)-c1c(-c3ccccc3)c3ccccc3c[n+]1CC2. The molecule has 1 aliphatic rings. The third kappa shape index (κ3) is 2.55. The third-order valence-corrected chi connectivity index (χ3v) is 5.60. The van der Waals surface area contributed by atoms with Crippen molar-refractivity contribution in [2.75, 3.05) is 14.2 Å². The van der Waals surface area contributed by atoms with Crippen LogP contribution in [-0.4, -0.2) is 14.2 Å². The summed E-state index contributed by atoms with van der Waals surface area (Å²) >= 11 is 0. The second kappa shape index (κ2) is 6.68. The maximum absolute atomic E-state index is 5.62. The van der Waals surface area contributed by atoms with E-state index in [0.29, 0.717) is 0 Å². The van der Waals surface area contributed by atoms with Gasteiger partial charge in [-0.15, -0.1) is 0 Å². The summed E-state index contributed by atoms with van der Waals surface area (Å²) in [5.41, 5.74) is 6.25. The van der Waals surface area contributed by atoms with Crippen molar-refractivity contribution in [3.8, 4) is 33.9 Å². The maximum Gasteiger partial charge on any atom is 0.221 e. The summed E-state index contributed by atoms with van der Waals surface area (Å²) in [6, 6.07) is 23.5. The smallest absolute Gasteiger partial charge is 0.221 e. The highest BCUT2D eigenvalue weighted by Gasteiger charge is 2.30. The van der Waals surface area contributed by atoms with E-state index in [2.05, 4.69) is 77.5 Å². The second-order valence-electron chi connectivity index (χ2n) is 7.11. The normalized spacial score (nSPS) is 12.4. The third-order valence-electron chi connectivity index (χ3n) is 5.60. The van der Waals surface area contributed by atoms with Crippen molar-refractivity contribution in [1.29, 1.82) is 0 Å². The zero-order chi connectivity index (χ0) is 19.1. The van der Waals surface area contributed by atoms with E-state index in [4.69, 9.17) is 9.47 Å². The lowest BCUT2D eigenvalue weighted by Gasteiger charge is -2.21. The molecule has 3 aromatic carbocycles. The molecule has 1 aliphatic heterocycles. The highest BCUT2D eigenvalue weighted by molar-refractivity contribution is 6.01. The molecule has 4 aromatic rings. The van der Waals surface area contributed by atoms with Crippen molar-refractivity contribution in [1.82, 2.24) is 0 Å². The number of benzene rings is 3. The molecule has 0 saturated carbocycles. The lowest BCUT2D eigenvalue weighted by Crippen LogP contribution is -2.40. The number of hydrogen-bond acceptors (Lipinski definition) is 2. The van der Waals surface area contributed by atoms with Gasteiger partial charge in [-0.05, 0) is 29.3 Å². The summed E-state index contributed by atoms with van der Waals surface area (Å²) in [5, 5.41) is 2.52. The van der Waals surface area contributed by atoms with Gasteiger partial charge in [-0.2, -0.15) is 4.57 Å². The first-order chi connectivity index (χ1) is 13.8. The number of aromatic nitrogens is 1. The molecule has 5 rings (SSSR count). The Morgan fingerprint density at radius 2 is 1.54 bits per heavy atom. The highest BCUT2D eigenvalue weighted by atomic mass is 16.5. The summed E-state index contributed by atoms with van der Waals surface area (Å²) in [6.45, 7) is 0.947. The number of ether oxygens (including phenoxy) is 2. The molecule has 0 N–H and O–H groups in total. The van der Waals surface area contributed by atoms with E-state index in [1.807, 2.05) is 0 Å². The van der Waals surface area contributed by atoms with E-state index in [0.717, 1.165) is 24.5 Å².